The third-order valence-electron chi connectivity index (χ3n) is 2.06. The molecule has 1 aromatic carbocycles. The van der Waals surface area contributed by atoms with Crippen LogP contribution in [0.15, 0.2) is 35.3 Å². The molecule has 2 aromatic rings. The monoisotopic (exact) mass is 252 g/mol. The zero-order chi connectivity index (χ0) is 9.97. The molecule has 0 amide bonds. The van der Waals surface area contributed by atoms with E-state index in [0.29, 0.717) is 6.54 Å². The fourth-order valence-corrected chi connectivity index (χ4v) is 1.78. The average Bonchev–Trinajstić information content (AvgIpc) is 2.23. The Morgan fingerprint density at radius 2 is 2.14 bits per heavy atom. The molecule has 0 aliphatic rings. The molecule has 4 heteroatoms. The van der Waals surface area contributed by atoms with Crippen LogP contribution in [0.4, 0.5) is 0 Å². The highest BCUT2D eigenvalue weighted by Gasteiger charge is 2.01. The number of alkyl halides is 1. The lowest BCUT2D eigenvalue weighted by Crippen LogP contribution is -2.20. The summed E-state index contributed by atoms with van der Waals surface area (Å²) in [6.45, 7) is 0.669. The maximum Gasteiger partial charge on any atom is 0.269 e. The topological polar surface area (TPSA) is 34.9 Å². The molecule has 0 saturated carbocycles. The van der Waals surface area contributed by atoms with Gasteiger partial charge in [0.2, 0.25) is 0 Å². The Morgan fingerprint density at radius 1 is 1.36 bits per heavy atom. The number of hydrogen-bond donors (Lipinski definition) is 0. The average molecular weight is 253 g/mol. The summed E-state index contributed by atoms with van der Waals surface area (Å²) >= 11 is 3.33. The van der Waals surface area contributed by atoms with Crippen LogP contribution >= 0.6 is 15.9 Å². The Morgan fingerprint density at radius 3 is 2.93 bits per heavy atom. The summed E-state index contributed by atoms with van der Waals surface area (Å²) in [6, 6.07) is 7.64. The third kappa shape index (κ3) is 1.57. The molecule has 72 valence electrons. The molecule has 0 unspecified atom stereocenters. The highest BCUT2D eigenvalue weighted by Crippen LogP contribution is 2.07. The summed E-state index contributed by atoms with van der Waals surface area (Å²) in [5.41, 5.74) is 1.69. The molecule has 0 saturated heterocycles. The highest BCUT2D eigenvalue weighted by molar-refractivity contribution is 9.09. The van der Waals surface area contributed by atoms with Gasteiger partial charge in [-0.3, -0.25) is 4.79 Å². The first-order chi connectivity index (χ1) is 6.83. The summed E-state index contributed by atoms with van der Waals surface area (Å²) in [6.07, 6.45) is 1.37. The molecule has 0 radical (unpaired) electrons. The zero-order valence-corrected chi connectivity index (χ0v) is 9.07. The molecule has 2 rings (SSSR count). The van der Waals surface area contributed by atoms with Crippen molar-refractivity contribution in [3.05, 3.63) is 40.8 Å². The summed E-state index contributed by atoms with van der Waals surface area (Å²) in [5.74, 6) is 0. The summed E-state index contributed by atoms with van der Waals surface area (Å²) in [7, 11) is 0. The molecule has 0 fully saturated rings. The smallest absolute Gasteiger partial charge is 0.269 e. The first kappa shape index (κ1) is 9.40. The van der Waals surface area contributed by atoms with Gasteiger partial charge in [0.05, 0.1) is 17.2 Å². The van der Waals surface area contributed by atoms with Gasteiger partial charge in [-0.25, -0.2) is 4.98 Å². The SMILES string of the molecule is O=c1cnc2ccccc2n1CCBr. The van der Waals surface area contributed by atoms with Crippen molar-refractivity contribution >= 4 is 27.0 Å². The van der Waals surface area contributed by atoms with Crippen molar-refractivity contribution in [3.8, 4) is 0 Å². The van der Waals surface area contributed by atoms with Gasteiger partial charge in [-0.2, -0.15) is 0 Å². The molecule has 14 heavy (non-hydrogen) atoms. The lowest BCUT2D eigenvalue weighted by molar-refractivity contribution is 0.765. The highest BCUT2D eigenvalue weighted by atomic mass is 79.9. The van der Waals surface area contributed by atoms with Crippen molar-refractivity contribution in [1.29, 1.82) is 0 Å². The summed E-state index contributed by atoms with van der Waals surface area (Å²) in [5, 5.41) is 0.765. The number of nitrogens with zero attached hydrogens (tertiary/aromatic N) is 2. The first-order valence-electron chi connectivity index (χ1n) is 4.33. The lowest BCUT2D eigenvalue weighted by atomic mass is 10.3. The van der Waals surface area contributed by atoms with Crippen LogP contribution in [-0.4, -0.2) is 14.9 Å². The standard InChI is InChI=1S/C10H9BrN2O/c11-5-6-13-9-4-2-1-3-8(9)12-7-10(13)14/h1-4,7H,5-6H2. The predicted octanol–water partition coefficient (Wildman–Crippen LogP) is 1.79. The van der Waals surface area contributed by atoms with E-state index in [1.54, 1.807) is 4.57 Å². The van der Waals surface area contributed by atoms with Gasteiger partial charge in [0.25, 0.3) is 5.56 Å². The minimum absolute atomic E-state index is 0.0526. The van der Waals surface area contributed by atoms with Crippen LogP contribution in [0.2, 0.25) is 0 Å². The van der Waals surface area contributed by atoms with Crippen molar-refractivity contribution in [3.63, 3.8) is 0 Å². The number of aromatic nitrogens is 2. The molecule has 1 aromatic heterocycles. The molecule has 0 bridgehead atoms. The normalized spacial score (nSPS) is 10.6. The lowest BCUT2D eigenvalue weighted by Gasteiger charge is -2.06. The van der Waals surface area contributed by atoms with Gasteiger partial charge in [-0.05, 0) is 12.1 Å². The number of halogens is 1. The fourth-order valence-electron chi connectivity index (χ4n) is 1.43. The number of aryl methyl sites for hydroxylation is 1. The maximum atomic E-state index is 11.5. The van der Waals surface area contributed by atoms with Crippen LogP contribution in [-0.2, 0) is 6.54 Å². The van der Waals surface area contributed by atoms with Crippen LogP contribution in [0.3, 0.4) is 0 Å². The van der Waals surface area contributed by atoms with E-state index in [2.05, 4.69) is 20.9 Å². The minimum atomic E-state index is -0.0526. The molecule has 0 N–H and O–H groups in total. The molecule has 3 nitrogen and oxygen atoms in total. The van der Waals surface area contributed by atoms with Crippen LogP contribution in [0, 0.1) is 0 Å². The van der Waals surface area contributed by atoms with E-state index in [-0.39, 0.29) is 5.56 Å². The van der Waals surface area contributed by atoms with Crippen molar-refractivity contribution < 1.29 is 0 Å². The van der Waals surface area contributed by atoms with Gasteiger partial charge in [0.1, 0.15) is 0 Å². The van der Waals surface area contributed by atoms with Crippen molar-refractivity contribution in [1.82, 2.24) is 9.55 Å². The molecular weight excluding hydrogens is 244 g/mol. The molecular formula is C10H9BrN2O. The second-order valence-corrected chi connectivity index (χ2v) is 3.72. The Labute approximate surface area is 89.5 Å². The van der Waals surface area contributed by atoms with E-state index in [9.17, 15) is 4.79 Å². The number of fused-ring (bicyclic) bond motifs is 1. The van der Waals surface area contributed by atoms with E-state index in [1.165, 1.54) is 6.20 Å². The second-order valence-electron chi connectivity index (χ2n) is 2.93. The van der Waals surface area contributed by atoms with E-state index in [1.807, 2.05) is 24.3 Å². The largest absolute Gasteiger partial charge is 0.305 e. The van der Waals surface area contributed by atoms with Crippen LogP contribution < -0.4 is 5.56 Å². The zero-order valence-electron chi connectivity index (χ0n) is 7.48. The van der Waals surface area contributed by atoms with E-state index < -0.39 is 0 Å². The second kappa shape index (κ2) is 3.92. The summed E-state index contributed by atoms with van der Waals surface area (Å²) < 4.78 is 1.72. The Balaban J connectivity index is 2.76. The Kier molecular flexibility index (Phi) is 2.63. The quantitative estimate of drug-likeness (QED) is 0.765. The minimum Gasteiger partial charge on any atom is -0.305 e. The van der Waals surface area contributed by atoms with Crippen LogP contribution in [0.1, 0.15) is 0 Å². The van der Waals surface area contributed by atoms with E-state index >= 15 is 0 Å². The number of benzene rings is 1. The van der Waals surface area contributed by atoms with E-state index in [0.717, 1.165) is 16.4 Å². The van der Waals surface area contributed by atoms with Gasteiger partial charge in [0, 0.05) is 11.9 Å². The molecule has 0 aliphatic heterocycles. The first-order valence-corrected chi connectivity index (χ1v) is 5.45. The summed E-state index contributed by atoms with van der Waals surface area (Å²) in [4.78, 5) is 15.6. The van der Waals surface area contributed by atoms with Crippen molar-refractivity contribution in [2.24, 2.45) is 0 Å². The maximum absolute atomic E-state index is 11.5. The van der Waals surface area contributed by atoms with Crippen molar-refractivity contribution in [2.75, 3.05) is 5.33 Å². The van der Waals surface area contributed by atoms with Gasteiger partial charge in [-0.1, -0.05) is 28.1 Å². The predicted molar refractivity (Wildman–Crippen MR) is 59.8 cm³/mol. The van der Waals surface area contributed by atoms with Gasteiger partial charge in [-0.15, -0.1) is 0 Å². The van der Waals surface area contributed by atoms with Crippen molar-refractivity contribution in [2.45, 2.75) is 6.54 Å². The van der Waals surface area contributed by atoms with Gasteiger partial charge in [0.15, 0.2) is 0 Å². The van der Waals surface area contributed by atoms with Gasteiger partial charge < -0.3 is 4.57 Å². The Hall–Kier alpha value is -1.16. The van der Waals surface area contributed by atoms with E-state index in [4.69, 9.17) is 0 Å². The van der Waals surface area contributed by atoms with Gasteiger partial charge >= 0.3 is 0 Å². The molecule has 0 aliphatic carbocycles. The molecule has 1 heterocycles. The third-order valence-corrected chi connectivity index (χ3v) is 2.42. The Bertz CT molecular complexity index is 507. The fraction of sp³-hybridized carbons (Fsp3) is 0.200. The van der Waals surface area contributed by atoms with Crippen LogP contribution in [0.5, 0.6) is 0 Å². The number of para-hydroxylation sites is 2. The molecule has 0 atom stereocenters. The van der Waals surface area contributed by atoms with Crippen LogP contribution in [0.25, 0.3) is 11.0 Å². The number of hydrogen-bond acceptors (Lipinski definition) is 2. The number of rotatable bonds is 2. The molecule has 0 spiro atoms.